The Hall–Kier alpha value is -2.82. The van der Waals surface area contributed by atoms with Crippen LogP contribution in [0.5, 0.6) is 0 Å². The summed E-state index contributed by atoms with van der Waals surface area (Å²) >= 11 is 0. The lowest BCUT2D eigenvalue weighted by molar-refractivity contribution is -0.233. The first-order chi connectivity index (χ1) is 19.8. The van der Waals surface area contributed by atoms with Gasteiger partial charge in [-0.05, 0) is 14.1 Å². The van der Waals surface area contributed by atoms with Crippen molar-refractivity contribution in [2.24, 2.45) is 5.73 Å². The van der Waals surface area contributed by atoms with E-state index in [1.807, 2.05) is 4.98 Å². The second kappa shape index (κ2) is 14.1. The average Bonchev–Trinajstić information content (AvgIpc) is 3.37. The van der Waals surface area contributed by atoms with Crippen LogP contribution in [0.2, 0.25) is 0 Å². The molecule has 2 aliphatic rings. The van der Waals surface area contributed by atoms with Gasteiger partial charge in [0.2, 0.25) is 5.91 Å². The number of aliphatic hydroxyl groups excluding tert-OH is 5. The number of carboxylic acids is 1. The molecule has 11 N–H and O–H groups in total. The van der Waals surface area contributed by atoms with E-state index in [1.165, 1.54) is 26.0 Å². The smallest absolute Gasteiger partial charge is 0.330 e. The van der Waals surface area contributed by atoms with E-state index in [4.69, 9.17) is 19.9 Å². The molecule has 1 aromatic heterocycles. The number of hydrogen-bond donors (Lipinski definition) is 10. The maximum Gasteiger partial charge on any atom is 0.330 e. The standard InChI is InChI=1S/C23H38N6O13/c1-25-11(21(37)38)8(30)7-28(3)12(19(36)26-2)17(42-22-16(35)13(32)9(6-24)40-22)18-14(33)15(34)20(41-18)29-5-4-10(31)27-23(29)39/h4-5,8-9,11-18,20,22,25,30,32-35H,6-7,24H2,1-3H3,(H,26,36)(H,37,38)(H,27,31,39)/t8-,9?,11?,12-,13?,14?,15?,16?,17-,18?,20?,22?/m0/s1. The van der Waals surface area contributed by atoms with Gasteiger partial charge in [-0.3, -0.25) is 28.8 Å². The van der Waals surface area contributed by atoms with Crippen molar-refractivity contribution >= 4 is 11.9 Å². The first-order valence-electron chi connectivity index (χ1n) is 13.0. The number of aromatic nitrogens is 2. The van der Waals surface area contributed by atoms with Crippen molar-refractivity contribution in [2.75, 3.05) is 34.2 Å². The number of carboxylic acid groups (broad SMARTS) is 1. The van der Waals surface area contributed by atoms with Gasteiger partial charge in [-0.25, -0.2) is 4.79 Å². The molecule has 0 saturated carbocycles. The number of nitrogens with one attached hydrogen (secondary N) is 3. The van der Waals surface area contributed by atoms with Crippen LogP contribution >= 0.6 is 0 Å². The normalized spacial score (nSPS) is 32.4. The highest BCUT2D eigenvalue weighted by Gasteiger charge is 2.54. The lowest BCUT2D eigenvalue weighted by Crippen LogP contribution is -2.61. The van der Waals surface area contributed by atoms with Gasteiger partial charge in [0.1, 0.15) is 54.8 Å². The van der Waals surface area contributed by atoms with Crippen LogP contribution in [0, 0.1) is 0 Å². The first kappa shape index (κ1) is 33.7. The van der Waals surface area contributed by atoms with Gasteiger partial charge in [-0.1, -0.05) is 0 Å². The van der Waals surface area contributed by atoms with Gasteiger partial charge in [0, 0.05) is 32.4 Å². The van der Waals surface area contributed by atoms with Crippen molar-refractivity contribution in [3.05, 3.63) is 33.1 Å². The number of aliphatic hydroxyl groups is 5. The number of hydrogen-bond acceptors (Lipinski definition) is 15. The number of amides is 1. The molecular formula is C23H38N6O13. The summed E-state index contributed by atoms with van der Waals surface area (Å²) in [6.45, 7) is -0.668. The van der Waals surface area contributed by atoms with Gasteiger partial charge in [-0.15, -0.1) is 0 Å². The monoisotopic (exact) mass is 606 g/mol. The Morgan fingerprint density at radius 1 is 1.14 bits per heavy atom. The third-order valence-corrected chi connectivity index (χ3v) is 7.30. The summed E-state index contributed by atoms with van der Waals surface area (Å²) in [5.41, 5.74) is 3.88. The summed E-state index contributed by atoms with van der Waals surface area (Å²) in [6.07, 6.45) is -15.0. The third kappa shape index (κ3) is 6.87. The minimum atomic E-state index is -1.85. The fraction of sp³-hybridized carbons (Fsp3) is 0.739. The zero-order valence-corrected chi connectivity index (χ0v) is 23.0. The van der Waals surface area contributed by atoms with Crippen LogP contribution in [0.25, 0.3) is 0 Å². The van der Waals surface area contributed by atoms with Crippen LogP contribution in [-0.4, -0.2) is 158 Å². The number of likely N-dealkylation sites (N-methyl/N-ethyl adjacent to an activating group) is 3. The predicted octanol–water partition coefficient (Wildman–Crippen LogP) is -6.97. The largest absolute Gasteiger partial charge is 0.480 e. The number of nitrogens with two attached hydrogens (primary N) is 1. The molecule has 0 aliphatic carbocycles. The summed E-state index contributed by atoms with van der Waals surface area (Å²) in [6, 6.07) is -1.99. The number of aromatic amines is 1. The molecule has 0 radical (unpaired) electrons. The molecule has 42 heavy (non-hydrogen) atoms. The number of carbonyl (C=O) groups excluding carboxylic acids is 1. The van der Waals surface area contributed by atoms with Gasteiger partial charge < -0.3 is 61.2 Å². The quantitative estimate of drug-likeness (QED) is 0.0997. The van der Waals surface area contributed by atoms with Crippen LogP contribution in [0.4, 0.5) is 0 Å². The number of carbonyl (C=O) groups is 2. The lowest BCUT2D eigenvalue weighted by Gasteiger charge is -2.39. The van der Waals surface area contributed by atoms with Crippen LogP contribution in [0.1, 0.15) is 6.23 Å². The third-order valence-electron chi connectivity index (χ3n) is 7.30. The molecule has 0 aromatic carbocycles. The minimum Gasteiger partial charge on any atom is -0.480 e. The van der Waals surface area contributed by atoms with Crippen molar-refractivity contribution in [2.45, 2.75) is 73.4 Å². The van der Waals surface area contributed by atoms with E-state index in [0.717, 1.165) is 16.8 Å². The molecule has 12 atom stereocenters. The molecular weight excluding hydrogens is 568 g/mol. The Morgan fingerprint density at radius 2 is 1.81 bits per heavy atom. The van der Waals surface area contributed by atoms with Crippen molar-refractivity contribution in [3.63, 3.8) is 0 Å². The van der Waals surface area contributed by atoms with Gasteiger partial charge >= 0.3 is 11.7 Å². The van der Waals surface area contributed by atoms with Crippen molar-refractivity contribution in [1.82, 2.24) is 25.1 Å². The summed E-state index contributed by atoms with van der Waals surface area (Å²) in [4.78, 5) is 51.9. The van der Waals surface area contributed by atoms with Gasteiger partial charge in [0.05, 0.1) is 6.10 Å². The maximum absolute atomic E-state index is 13.3. The minimum absolute atomic E-state index is 0.215. The topological polar surface area (TPSA) is 291 Å². The zero-order chi connectivity index (χ0) is 31.5. The second-order valence-electron chi connectivity index (χ2n) is 10.0. The SMILES string of the molecule is CNC(=O)[C@H]([C@H](OC1OC(CN)C(O)C1O)C1OC(n2ccc(=O)[nH]c2=O)C(O)C1O)N(C)C[C@H](O)C(NC)C(=O)O. The van der Waals surface area contributed by atoms with Crippen LogP contribution in [-0.2, 0) is 23.8 Å². The molecule has 9 unspecified atom stereocenters. The highest BCUT2D eigenvalue weighted by atomic mass is 16.7. The maximum atomic E-state index is 13.3. The highest BCUT2D eigenvalue weighted by molar-refractivity contribution is 5.82. The highest BCUT2D eigenvalue weighted by Crippen LogP contribution is 2.35. The van der Waals surface area contributed by atoms with Crippen molar-refractivity contribution in [1.29, 1.82) is 0 Å². The van der Waals surface area contributed by atoms with Crippen molar-refractivity contribution in [3.8, 4) is 0 Å². The molecule has 2 fully saturated rings. The fourth-order valence-electron chi connectivity index (χ4n) is 5.07. The van der Waals surface area contributed by atoms with Gasteiger partial charge in [0.25, 0.3) is 5.56 Å². The van der Waals surface area contributed by atoms with E-state index in [2.05, 4.69) is 10.6 Å². The fourth-order valence-corrected chi connectivity index (χ4v) is 5.07. The molecule has 0 bridgehead atoms. The molecule has 2 aliphatic heterocycles. The van der Waals surface area contributed by atoms with Gasteiger partial charge in [0.15, 0.2) is 12.5 Å². The van der Waals surface area contributed by atoms with Gasteiger partial charge in [-0.2, -0.15) is 0 Å². The molecule has 3 heterocycles. The van der Waals surface area contributed by atoms with E-state index in [0.29, 0.717) is 0 Å². The molecule has 238 valence electrons. The number of ether oxygens (including phenoxy) is 3. The van der Waals surface area contributed by atoms with E-state index in [-0.39, 0.29) is 6.54 Å². The summed E-state index contributed by atoms with van der Waals surface area (Å²) in [5.74, 6) is -2.16. The predicted molar refractivity (Wildman–Crippen MR) is 139 cm³/mol. The van der Waals surface area contributed by atoms with Crippen LogP contribution < -0.4 is 27.6 Å². The lowest BCUT2D eigenvalue weighted by atomic mass is 9.96. The van der Waals surface area contributed by atoms with E-state index in [1.54, 1.807) is 0 Å². The Bertz CT molecular complexity index is 1200. The summed E-state index contributed by atoms with van der Waals surface area (Å²) in [5, 5.41) is 67.6. The van der Waals surface area contributed by atoms with Crippen LogP contribution in [0.3, 0.4) is 0 Å². The summed E-state index contributed by atoms with van der Waals surface area (Å²) < 4.78 is 18.1. The number of rotatable bonds is 13. The number of H-pyrrole nitrogens is 1. The molecule has 1 amide bonds. The Labute approximate surface area is 238 Å². The number of aliphatic carboxylic acids is 1. The van der Waals surface area contributed by atoms with E-state index >= 15 is 0 Å². The number of nitrogens with zero attached hydrogens (tertiary/aromatic N) is 2. The Kier molecular flexibility index (Phi) is 11.3. The molecule has 19 heteroatoms. The molecule has 1 aromatic rings. The Balaban J connectivity index is 2.04. The second-order valence-corrected chi connectivity index (χ2v) is 10.0. The van der Waals surface area contributed by atoms with E-state index < -0.39 is 103 Å². The Morgan fingerprint density at radius 3 is 2.33 bits per heavy atom. The first-order valence-corrected chi connectivity index (χ1v) is 13.0. The van der Waals surface area contributed by atoms with E-state index in [9.17, 15) is 49.8 Å². The van der Waals surface area contributed by atoms with Crippen molar-refractivity contribution < 1.29 is 54.4 Å². The molecule has 19 nitrogen and oxygen atoms in total. The summed E-state index contributed by atoms with van der Waals surface area (Å²) in [7, 11) is 3.91. The molecule has 0 spiro atoms. The average molecular weight is 607 g/mol. The molecule has 3 rings (SSSR count). The van der Waals surface area contributed by atoms with Crippen LogP contribution in [0.15, 0.2) is 21.9 Å². The zero-order valence-electron chi connectivity index (χ0n) is 23.0. The molecule has 2 saturated heterocycles.